The maximum atomic E-state index is 5.92. The number of unbranched alkanes of at least 4 members (excludes halogenated alkanes) is 5. The lowest BCUT2D eigenvalue weighted by molar-refractivity contribution is -0.907. The minimum Gasteiger partial charge on any atom is -1.00 e. The Balaban J connectivity index is 0. The second-order valence-electron chi connectivity index (χ2n) is 5.25. The first-order chi connectivity index (χ1) is 7.68. The zero-order valence-electron chi connectivity index (χ0n) is 12.0. The van der Waals surface area contributed by atoms with Gasteiger partial charge in [-0.25, -0.2) is 0 Å². The minimum atomic E-state index is 0. The van der Waals surface area contributed by atoms with Crippen LogP contribution in [0.15, 0.2) is 0 Å². The standard InChI is InChI=1S/C14H31ClN.BrH/c1-4-6-8-10-13-16(3,14-11-15)12-9-7-5-2;/h4-14H2,1-3H3;1H/q+1;/p-1. The number of quaternary nitrogens is 1. The van der Waals surface area contributed by atoms with Gasteiger partial charge in [0, 0.05) is 0 Å². The summed E-state index contributed by atoms with van der Waals surface area (Å²) in [5.74, 6) is 0.802. The molecular formula is C14H31BrClN. The number of hydrogen-bond acceptors (Lipinski definition) is 0. The molecule has 0 saturated heterocycles. The lowest BCUT2D eigenvalue weighted by Crippen LogP contribution is -3.00. The van der Waals surface area contributed by atoms with Crippen molar-refractivity contribution in [1.29, 1.82) is 0 Å². The SMILES string of the molecule is CCCCCC[N+](C)(CCCl)CCCCC.[Br-]. The molecule has 0 saturated carbocycles. The molecule has 1 atom stereocenters. The third-order valence-corrected chi connectivity index (χ3v) is 3.65. The highest BCUT2D eigenvalue weighted by Crippen LogP contribution is 2.11. The van der Waals surface area contributed by atoms with Crippen LogP contribution in [0.25, 0.3) is 0 Å². The van der Waals surface area contributed by atoms with Gasteiger partial charge in [0.2, 0.25) is 0 Å². The molecule has 0 rings (SSSR count). The van der Waals surface area contributed by atoms with Crippen molar-refractivity contribution in [3.63, 3.8) is 0 Å². The van der Waals surface area contributed by atoms with Gasteiger partial charge in [0.25, 0.3) is 0 Å². The molecule has 0 aromatic carbocycles. The molecular weight excluding hydrogens is 298 g/mol. The molecule has 0 aromatic heterocycles. The van der Waals surface area contributed by atoms with Crippen LogP contribution in [-0.4, -0.2) is 37.0 Å². The lowest BCUT2D eigenvalue weighted by Gasteiger charge is -2.34. The van der Waals surface area contributed by atoms with Crippen molar-refractivity contribution in [2.24, 2.45) is 0 Å². The summed E-state index contributed by atoms with van der Waals surface area (Å²) in [6.07, 6.45) is 9.51. The van der Waals surface area contributed by atoms with Crippen molar-refractivity contribution in [3.8, 4) is 0 Å². The van der Waals surface area contributed by atoms with E-state index in [9.17, 15) is 0 Å². The highest BCUT2D eigenvalue weighted by atomic mass is 79.9. The Labute approximate surface area is 124 Å². The van der Waals surface area contributed by atoms with Gasteiger partial charge in [-0.1, -0.05) is 33.1 Å². The Morgan fingerprint density at radius 1 is 0.765 bits per heavy atom. The first kappa shape index (κ1) is 20.1. The van der Waals surface area contributed by atoms with E-state index in [0.717, 1.165) is 12.4 Å². The molecule has 0 heterocycles. The smallest absolute Gasteiger partial charge is 0.0922 e. The van der Waals surface area contributed by atoms with Crippen molar-refractivity contribution < 1.29 is 21.5 Å². The average molecular weight is 329 g/mol. The molecule has 3 heteroatoms. The van der Waals surface area contributed by atoms with Gasteiger partial charge in [-0.3, -0.25) is 0 Å². The number of nitrogens with zero attached hydrogens (tertiary/aromatic N) is 1. The van der Waals surface area contributed by atoms with Crippen molar-refractivity contribution in [2.75, 3.05) is 32.6 Å². The van der Waals surface area contributed by atoms with Crippen LogP contribution in [0.3, 0.4) is 0 Å². The highest BCUT2D eigenvalue weighted by Gasteiger charge is 2.19. The van der Waals surface area contributed by atoms with Gasteiger partial charge in [-0.2, -0.15) is 0 Å². The third-order valence-electron chi connectivity index (χ3n) is 3.48. The Morgan fingerprint density at radius 2 is 1.24 bits per heavy atom. The third kappa shape index (κ3) is 11.5. The lowest BCUT2D eigenvalue weighted by atomic mass is 10.1. The number of halogens is 2. The van der Waals surface area contributed by atoms with Gasteiger partial charge in [0.05, 0.1) is 32.6 Å². The maximum absolute atomic E-state index is 5.92. The zero-order chi connectivity index (χ0) is 12.3. The molecule has 17 heavy (non-hydrogen) atoms. The maximum Gasteiger partial charge on any atom is 0.0922 e. The molecule has 0 aliphatic carbocycles. The predicted octanol–water partition coefficient (Wildman–Crippen LogP) is 1.45. The summed E-state index contributed by atoms with van der Waals surface area (Å²) in [7, 11) is 2.38. The van der Waals surface area contributed by atoms with Gasteiger partial charge in [-0.05, 0) is 25.7 Å². The van der Waals surface area contributed by atoms with E-state index in [1.54, 1.807) is 0 Å². The second kappa shape index (κ2) is 13.2. The molecule has 106 valence electrons. The first-order valence-electron chi connectivity index (χ1n) is 7.08. The molecule has 0 spiro atoms. The number of rotatable bonds is 11. The van der Waals surface area contributed by atoms with E-state index < -0.39 is 0 Å². The number of alkyl halides is 1. The van der Waals surface area contributed by atoms with Crippen LogP contribution in [0.4, 0.5) is 0 Å². The summed E-state index contributed by atoms with van der Waals surface area (Å²) in [6.45, 7) is 8.31. The molecule has 0 aliphatic heterocycles. The largest absolute Gasteiger partial charge is 1.00 e. The fourth-order valence-corrected chi connectivity index (χ4v) is 2.61. The Morgan fingerprint density at radius 3 is 1.71 bits per heavy atom. The van der Waals surface area contributed by atoms with Crippen LogP contribution in [0.2, 0.25) is 0 Å². The topological polar surface area (TPSA) is 0 Å². The molecule has 1 nitrogen and oxygen atoms in total. The van der Waals surface area contributed by atoms with Gasteiger partial charge in [-0.15, -0.1) is 11.6 Å². The summed E-state index contributed by atoms with van der Waals surface area (Å²) < 4.78 is 1.19. The Kier molecular flexibility index (Phi) is 15.5. The van der Waals surface area contributed by atoms with E-state index >= 15 is 0 Å². The molecule has 0 amide bonds. The van der Waals surface area contributed by atoms with Gasteiger partial charge in [0.1, 0.15) is 0 Å². The van der Waals surface area contributed by atoms with Crippen molar-refractivity contribution in [3.05, 3.63) is 0 Å². The number of hydrogen-bond donors (Lipinski definition) is 0. The van der Waals surface area contributed by atoms with E-state index in [1.807, 2.05) is 0 Å². The quantitative estimate of drug-likeness (QED) is 0.306. The molecule has 0 aromatic rings. The van der Waals surface area contributed by atoms with E-state index in [1.165, 1.54) is 62.5 Å². The van der Waals surface area contributed by atoms with E-state index in [-0.39, 0.29) is 17.0 Å². The van der Waals surface area contributed by atoms with E-state index in [2.05, 4.69) is 20.9 Å². The molecule has 0 aliphatic rings. The van der Waals surface area contributed by atoms with Crippen LogP contribution in [0.1, 0.15) is 58.8 Å². The van der Waals surface area contributed by atoms with Gasteiger partial charge >= 0.3 is 0 Å². The summed E-state index contributed by atoms with van der Waals surface area (Å²) in [5.41, 5.74) is 0. The van der Waals surface area contributed by atoms with Gasteiger partial charge < -0.3 is 21.5 Å². The van der Waals surface area contributed by atoms with Crippen LogP contribution >= 0.6 is 11.6 Å². The molecule has 0 bridgehead atoms. The molecule has 1 unspecified atom stereocenters. The fourth-order valence-electron chi connectivity index (χ4n) is 2.20. The van der Waals surface area contributed by atoms with E-state index in [0.29, 0.717) is 0 Å². The zero-order valence-corrected chi connectivity index (χ0v) is 14.3. The van der Waals surface area contributed by atoms with Crippen LogP contribution in [0.5, 0.6) is 0 Å². The van der Waals surface area contributed by atoms with Crippen molar-refractivity contribution >= 4 is 11.6 Å². The van der Waals surface area contributed by atoms with Crippen molar-refractivity contribution in [1.82, 2.24) is 0 Å². The van der Waals surface area contributed by atoms with Crippen LogP contribution in [-0.2, 0) is 0 Å². The normalized spacial score (nSPS) is 14.1. The minimum absolute atomic E-state index is 0. The molecule has 0 radical (unpaired) electrons. The molecule has 0 fully saturated rings. The van der Waals surface area contributed by atoms with Crippen molar-refractivity contribution in [2.45, 2.75) is 58.8 Å². The predicted molar refractivity (Wildman–Crippen MR) is 75.2 cm³/mol. The Hall–Kier alpha value is 0.730. The monoisotopic (exact) mass is 327 g/mol. The second-order valence-corrected chi connectivity index (χ2v) is 5.63. The summed E-state index contributed by atoms with van der Waals surface area (Å²) >= 11 is 5.92. The summed E-state index contributed by atoms with van der Waals surface area (Å²) in [6, 6.07) is 0. The first-order valence-corrected chi connectivity index (χ1v) is 7.61. The van der Waals surface area contributed by atoms with Crippen LogP contribution in [0, 0.1) is 0 Å². The molecule has 0 N–H and O–H groups in total. The van der Waals surface area contributed by atoms with Gasteiger partial charge in [0.15, 0.2) is 0 Å². The summed E-state index contributed by atoms with van der Waals surface area (Å²) in [5, 5.41) is 0. The fraction of sp³-hybridized carbons (Fsp3) is 1.00. The van der Waals surface area contributed by atoms with Crippen LogP contribution < -0.4 is 17.0 Å². The highest BCUT2D eigenvalue weighted by molar-refractivity contribution is 6.17. The summed E-state index contributed by atoms with van der Waals surface area (Å²) in [4.78, 5) is 0. The average Bonchev–Trinajstić information content (AvgIpc) is 2.25. The Bertz CT molecular complexity index is 155. The van der Waals surface area contributed by atoms with E-state index in [4.69, 9.17) is 11.6 Å².